The van der Waals surface area contributed by atoms with Gasteiger partial charge in [0.25, 0.3) is 5.91 Å². The molecule has 0 fully saturated rings. The normalized spacial score (nSPS) is 12.6. The summed E-state index contributed by atoms with van der Waals surface area (Å²) >= 11 is 0. The molecule has 45 heavy (non-hydrogen) atoms. The second-order valence-electron chi connectivity index (χ2n) is 10.3. The number of rotatable bonds is 10. The molecule has 0 bridgehead atoms. The van der Waals surface area contributed by atoms with Crippen molar-refractivity contribution in [3.63, 3.8) is 0 Å². The number of halogens is 5. The molecular formula is C35H26F5NO4. The number of carboxylic acids is 1. The maximum atomic E-state index is 13.8. The first-order valence-corrected chi connectivity index (χ1v) is 13.8. The summed E-state index contributed by atoms with van der Waals surface area (Å²) in [5.41, 5.74) is 0.416. The average molecular weight is 620 g/mol. The Morgan fingerprint density at radius 3 is 1.82 bits per heavy atom. The summed E-state index contributed by atoms with van der Waals surface area (Å²) in [7, 11) is 0. The maximum Gasteiger partial charge on any atom is 0.458 e. The van der Waals surface area contributed by atoms with Crippen LogP contribution in [0.5, 0.6) is 5.75 Å². The minimum atomic E-state index is -5.75. The van der Waals surface area contributed by atoms with Gasteiger partial charge in [0.15, 0.2) is 0 Å². The summed E-state index contributed by atoms with van der Waals surface area (Å²) in [6, 6.07) is 30.1. The van der Waals surface area contributed by atoms with Gasteiger partial charge in [0.05, 0.1) is 5.56 Å². The first-order chi connectivity index (χ1) is 21.5. The predicted molar refractivity (Wildman–Crippen MR) is 158 cm³/mol. The van der Waals surface area contributed by atoms with Gasteiger partial charge >= 0.3 is 18.1 Å². The van der Waals surface area contributed by atoms with E-state index in [9.17, 15) is 36.6 Å². The fourth-order valence-corrected chi connectivity index (χ4v) is 5.11. The molecule has 0 saturated heterocycles. The van der Waals surface area contributed by atoms with Crippen LogP contribution in [0.2, 0.25) is 0 Å². The standard InChI is InChI=1S/C35H26F5NO4/c36-34(37,35(38,39)40)26-18-15-22(16-19-26)21-45-31-27-14-8-7-9-23(27)17-20-28(31)32(42)41-30(33(43)44)29(24-10-3-1-4-11-24)25-12-5-2-6-13-25/h1-20,29-30H,21H2,(H,41,42)(H,43,44)/t30-/m0/s1. The Kier molecular flexibility index (Phi) is 8.85. The molecule has 0 spiro atoms. The number of fused-ring (bicyclic) bond motifs is 1. The molecule has 5 aromatic rings. The van der Waals surface area contributed by atoms with Crippen molar-refractivity contribution in [1.29, 1.82) is 0 Å². The molecule has 0 radical (unpaired) electrons. The van der Waals surface area contributed by atoms with Crippen molar-refractivity contribution >= 4 is 22.6 Å². The molecule has 10 heteroatoms. The van der Waals surface area contributed by atoms with Gasteiger partial charge in [0.2, 0.25) is 0 Å². The Balaban J connectivity index is 1.47. The first kappa shape index (κ1) is 31.2. The van der Waals surface area contributed by atoms with E-state index >= 15 is 0 Å². The number of aliphatic carboxylic acids is 1. The molecule has 0 unspecified atom stereocenters. The van der Waals surface area contributed by atoms with Crippen LogP contribution in [-0.4, -0.2) is 29.2 Å². The summed E-state index contributed by atoms with van der Waals surface area (Å²) in [6.07, 6.45) is -5.75. The van der Waals surface area contributed by atoms with Crippen molar-refractivity contribution in [1.82, 2.24) is 5.32 Å². The summed E-state index contributed by atoms with van der Waals surface area (Å²) in [4.78, 5) is 26.5. The van der Waals surface area contributed by atoms with Crippen LogP contribution in [0.1, 0.15) is 38.5 Å². The molecule has 0 aromatic heterocycles. The minimum absolute atomic E-state index is 0.0139. The second-order valence-corrected chi connectivity index (χ2v) is 10.3. The van der Waals surface area contributed by atoms with Crippen molar-refractivity contribution in [3.05, 3.63) is 149 Å². The van der Waals surface area contributed by atoms with E-state index in [-0.39, 0.29) is 23.5 Å². The van der Waals surface area contributed by atoms with Crippen molar-refractivity contribution in [3.8, 4) is 5.75 Å². The predicted octanol–water partition coefficient (Wildman–Crippen LogP) is 8.09. The lowest BCUT2D eigenvalue weighted by Gasteiger charge is -2.26. The van der Waals surface area contributed by atoms with Crippen molar-refractivity contribution in [2.75, 3.05) is 0 Å². The van der Waals surface area contributed by atoms with Gasteiger partial charge in [0, 0.05) is 16.9 Å². The monoisotopic (exact) mass is 619 g/mol. The zero-order valence-electron chi connectivity index (χ0n) is 23.5. The molecule has 0 aliphatic heterocycles. The van der Waals surface area contributed by atoms with Crippen LogP contribution in [0, 0.1) is 0 Å². The Hall–Kier alpha value is -5.25. The topological polar surface area (TPSA) is 75.6 Å². The fraction of sp³-hybridized carbons (Fsp3) is 0.143. The summed E-state index contributed by atoms with van der Waals surface area (Å²) in [5.74, 6) is -7.67. The number of carbonyl (C=O) groups excluding carboxylic acids is 1. The van der Waals surface area contributed by atoms with Crippen LogP contribution in [0.3, 0.4) is 0 Å². The molecule has 0 heterocycles. The SMILES string of the molecule is O=C(N[C@H](C(=O)O)C(c1ccccc1)c1ccccc1)c1ccc2ccccc2c1OCc1ccc(C(F)(F)C(F)(F)F)cc1. The van der Waals surface area contributed by atoms with Gasteiger partial charge in [-0.25, -0.2) is 4.79 Å². The lowest BCUT2D eigenvalue weighted by molar-refractivity contribution is -0.289. The molecule has 2 N–H and O–H groups in total. The quantitative estimate of drug-likeness (QED) is 0.155. The number of amides is 1. The zero-order chi connectivity index (χ0) is 32.2. The van der Waals surface area contributed by atoms with Crippen LogP contribution in [0.4, 0.5) is 22.0 Å². The third kappa shape index (κ3) is 6.64. The Bertz CT molecular complexity index is 1750. The van der Waals surface area contributed by atoms with E-state index in [1.165, 1.54) is 6.07 Å². The third-order valence-corrected chi connectivity index (χ3v) is 7.38. The number of carboxylic acid groups (broad SMARTS) is 1. The molecule has 1 amide bonds. The highest BCUT2D eigenvalue weighted by Gasteiger charge is 2.58. The Morgan fingerprint density at radius 1 is 0.711 bits per heavy atom. The minimum Gasteiger partial charge on any atom is -0.487 e. The van der Waals surface area contributed by atoms with E-state index in [1.54, 1.807) is 91.0 Å². The molecule has 5 nitrogen and oxygen atoms in total. The molecule has 0 saturated carbocycles. The third-order valence-electron chi connectivity index (χ3n) is 7.38. The summed E-state index contributed by atoms with van der Waals surface area (Å²) < 4.78 is 71.9. The smallest absolute Gasteiger partial charge is 0.458 e. The van der Waals surface area contributed by atoms with Gasteiger partial charge in [-0.15, -0.1) is 0 Å². The molecular weight excluding hydrogens is 593 g/mol. The molecule has 230 valence electrons. The Labute approximate surface area is 254 Å². The van der Waals surface area contributed by atoms with Crippen molar-refractivity contribution in [2.24, 2.45) is 0 Å². The van der Waals surface area contributed by atoms with E-state index in [2.05, 4.69) is 5.32 Å². The van der Waals surface area contributed by atoms with Crippen molar-refractivity contribution in [2.45, 2.75) is 30.7 Å². The second kappa shape index (κ2) is 12.8. The van der Waals surface area contributed by atoms with Gasteiger partial charge in [0.1, 0.15) is 18.4 Å². The number of carbonyl (C=O) groups is 2. The molecule has 5 aromatic carbocycles. The van der Waals surface area contributed by atoms with Crippen molar-refractivity contribution < 1.29 is 41.4 Å². The number of nitrogens with one attached hydrogen (secondary N) is 1. The fourth-order valence-electron chi connectivity index (χ4n) is 5.11. The molecule has 0 aliphatic carbocycles. The largest absolute Gasteiger partial charge is 0.487 e. The summed E-state index contributed by atoms with van der Waals surface area (Å²) in [6.45, 7) is -0.273. The van der Waals surface area contributed by atoms with Crippen LogP contribution in [0.25, 0.3) is 10.8 Å². The Morgan fingerprint density at radius 2 is 1.27 bits per heavy atom. The molecule has 0 aliphatic rings. The van der Waals surface area contributed by atoms with E-state index in [4.69, 9.17) is 4.74 Å². The lowest BCUT2D eigenvalue weighted by Crippen LogP contribution is -2.45. The summed E-state index contributed by atoms with van der Waals surface area (Å²) in [5, 5.41) is 14.2. The number of ether oxygens (including phenoxy) is 1. The van der Waals surface area contributed by atoms with Gasteiger partial charge in [-0.1, -0.05) is 115 Å². The van der Waals surface area contributed by atoms with Gasteiger partial charge in [-0.05, 0) is 28.1 Å². The molecule has 1 atom stereocenters. The van der Waals surface area contributed by atoms with E-state index in [0.29, 0.717) is 34.0 Å². The number of benzene rings is 5. The number of alkyl halides is 5. The van der Waals surface area contributed by atoms with E-state index in [0.717, 1.165) is 12.1 Å². The van der Waals surface area contributed by atoms with Crippen LogP contribution in [0.15, 0.2) is 121 Å². The van der Waals surface area contributed by atoms with Crippen LogP contribution in [-0.2, 0) is 17.3 Å². The first-order valence-electron chi connectivity index (χ1n) is 13.8. The van der Waals surface area contributed by atoms with E-state index in [1.807, 2.05) is 0 Å². The zero-order valence-corrected chi connectivity index (χ0v) is 23.5. The van der Waals surface area contributed by atoms with E-state index < -0.39 is 41.5 Å². The van der Waals surface area contributed by atoms with Crippen LogP contribution >= 0.6 is 0 Å². The highest BCUT2D eigenvalue weighted by molar-refractivity contribution is 6.05. The number of hydrogen-bond donors (Lipinski definition) is 2. The number of hydrogen-bond acceptors (Lipinski definition) is 3. The average Bonchev–Trinajstić information content (AvgIpc) is 3.03. The maximum absolute atomic E-state index is 13.8. The van der Waals surface area contributed by atoms with Gasteiger partial charge in [-0.3, -0.25) is 4.79 Å². The van der Waals surface area contributed by atoms with Gasteiger partial charge < -0.3 is 15.2 Å². The van der Waals surface area contributed by atoms with Gasteiger partial charge in [-0.2, -0.15) is 22.0 Å². The lowest BCUT2D eigenvalue weighted by atomic mass is 9.84. The molecule has 5 rings (SSSR count). The van der Waals surface area contributed by atoms with Crippen LogP contribution < -0.4 is 10.1 Å². The highest BCUT2D eigenvalue weighted by atomic mass is 19.4. The highest BCUT2D eigenvalue weighted by Crippen LogP contribution is 2.44.